The van der Waals surface area contributed by atoms with E-state index in [1.165, 1.54) is 0 Å². The molecule has 8 heteroatoms. The summed E-state index contributed by atoms with van der Waals surface area (Å²) < 4.78 is 23.4. The van der Waals surface area contributed by atoms with Crippen LogP contribution in [0.2, 0.25) is 0 Å². The third-order valence-corrected chi connectivity index (χ3v) is 6.07. The number of nitrogens with one attached hydrogen (secondary N) is 1. The topological polar surface area (TPSA) is 75.2 Å². The highest BCUT2D eigenvalue weighted by molar-refractivity contribution is 7.91. The van der Waals surface area contributed by atoms with Crippen molar-refractivity contribution in [3.63, 3.8) is 0 Å². The maximum Gasteiger partial charge on any atom is 0.225 e. The first-order valence-electron chi connectivity index (χ1n) is 6.40. The smallest absolute Gasteiger partial charge is 0.225 e. The van der Waals surface area contributed by atoms with Gasteiger partial charge in [-0.3, -0.25) is 0 Å². The molecule has 1 aliphatic heterocycles. The van der Waals surface area contributed by atoms with E-state index in [9.17, 15) is 8.42 Å². The van der Waals surface area contributed by atoms with E-state index in [0.29, 0.717) is 12.5 Å². The van der Waals surface area contributed by atoms with Crippen molar-refractivity contribution in [2.45, 2.75) is 13.0 Å². The fraction of sp³-hybridized carbons (Fsp3) is 0.500. The zero-order valence-corrected chi connectivity index (χ0v) is 13.0. The summed E-state index contributed by atoms with van der Waals surface area (Å²) in [6.45, 7) is 2.41. The first-order chi connectivity index (χ1) is 9.50. The molecule has 6 nitrogen and oxygen atoms in total. The monoisotopic (exact) mass is 312 g/mol. The number of rotatable bonds is 2. The summed E-state index contributed by atoms with van der Waals surface area (Å²) in [4.78, 5) is 11.9. The summed E-state index contributed by atoms with van der Waals surface area (Å²) in [6, 6.07) is 1.92. The number of thiophene rings is 1. The molecule has 0 aromatic carbocycles. The lowest BCUT2D eigenvalue weighted by atomic mass is 10.2. The Hall–Kier alpha value is -1.41. The van der Waals surface area contributed by atoms with Gasteiger partial charge in [-0.2, -0.15) is 4.98 Å². The highest BCUT2D eigenvalue weighted by Gasteiger charge is 2.30. The summed E-state index contributed by atoms with van der Waals surface area (Å²) in [6.07, 6.45) is 0. The molecule has 3 rings (SSSR count). The predicted octanol–water partition coefficient (Wildman–Crippen LogP) is 1.36. The van der Waals surface area contributed by atoms with Crippen LogP contribution in [-0.2, 0) is 9.84 Å². The average Bonchev–Trinajstić information content (AvgIpc) is 2.85. The molecule has 3 heterocycles. The normalized spacial score (nSPS) is 22.1. The van der Waals surface area contributed by atoms with E-state index in [2.05, 4.69) is 20.2 Å². The van der Waals surface area contributed by atoms with Gasteiger partial charge in [0.25, 0.3) is 0 Å². The predicted molar refractivity (Wildman–Crippen MR) is 82.4 cm³/mol. The standard InChI is InChI=1S/C12H16N4O2S2/c1-8-7-20(17,18)6-4-16(8)10-9-3-5-19-11(9)15-12(13-2)14-10/h3,5,8H,4,6-7H2,1-2H3,(H,13,14,15). The summed E-state index contributed by atoms with van der Waals surface area (Å²) >= 11 is 1.56. The number of nitrogens with zero attached hydrogens (tertiary/aromatic N) is 3. The Morgan fingerprint density at radius 2 is 2.25 bits per heavy atom. The second-order valence-corrected chi connectivity index (χ2v) is 8.04. The van der Waals surface area contributed by atoms with E-state index in [-0.39, 0.29) is 17.5 Å². The third kappa shape index (κ3) is 2.33. The van der Waals surface area contributed by atoms with E-state index >= 15 is 0 Å². The quantitative estimate of drug-likeness (QED) is 0.902. The second-order valence-electron chi connectivity index (χ2n) is 4.92. The molecule has 1 atom stereocenters. The first kappa shape index (κ1) is 13.6. The van der Waals surface area contributed by atoms with Crippen LogP contribution in [0.5, 0.6) is 0 Å². The van der Waals surface area contributed by atoms with Gasteiger partial charge in [0.2, 0.25) is 5.95 Å². The zero-order chi connectivity index (χ0) is 14.3. The fourth-order valence-corrected chi connectivity index (χ4v) is 4.80. The maximum absolute atomic E-state index is 11.7. The van der Waals surface area contributed by atoms with Crippen LogP contribution in [0.3, 0.4) is 0 Å². The van der Waals surface area contributed by atoms with Crippen molar-refractivity contribution in [1.29, 1.82) is 0 Å². The van der Waals surface area contributed by atoms with Crippen LogP contribution in [0.25, 0.3) is 10.2 Å². The molecule has 0 bridgehead atoms. The SMILES string of the molecule is CNc1nc(N2CCS(=O)(=O)CC2C)c2ccsc2n1. The molecule has 108 valence electrons. The number of sulfone groups is 1. The Kier molecular flexibility index (Phi) is 3.29. The second kappa shape index (κ2) is 4.85. The number of fused-ring (bicyclic) bond motifs is 1. The minimum Gasteiger partial charge on any atom is -0.357 e. The van der Waals surface area contributed by atoms with Crippen molar-refractivity contribution < 1.29 is 8.42 Å². The molecular weight excluding hydrogens is 296 g/mol. The summed E-state index contributed by atoms with van der Waals surface area (Å²) in [5, 5.41) is 5.93. The van der Waals surface area contributed by atoms with Gasteiger partial charge in [0.15, 0.2) is 9.84 Å². The van der Waals surface area contributed by atoms with Gasteiger partial charge in [0.1, 0.15) is 10.6 Å². The molecule has 20 heavy (non-hydrogen) atoms. The van der Waals surface area contributed by atoms with Gasteiger partial charge < -0.3 is 10.2 Å². The minimum atomic E-state index is -2.93. The Balaban J connectivity index is 2.07. The highest BCUT2D eigenvalue weighted by Crippen LogP contribution is 2.31. The molecule has 2 aromatic rings. The van der Waals surface area contributed by atoms with Crippen molar-refractivity contribution >= 4 is 43.2 Å². The summed E-state index contributed by atoms with van der Waals surface area (Å²) in [5.41, 5.74) is 0. The van der Waals surface area contributed by atoms with Gasteiger partial charge in [-0.05, 0) is 18.4 Å². The molecule has 1 N–H and O–H groups in total. The van der Waals surface area contributed by atoms with Crippen molar-refractivity contribution in [2.24, 2.45) is 0 Å². The summed E-state index contributed by atoms with van der Waals surface area (Å²) in [5.74, 6) is 1.75. The molecular formula is C12H16N4O2S2. The van der Waals surface area contributed by atoms with Gasteiger partial charge in [-0.1, -0.05) is 0 Å². The van der Waals surface area contributed by atoms with Gasteiger partial charge in [0.05, 0.1) is 16.9 Å². The Morgan fingerprint density at radius 1 is 1.45 bits per heavy atom. The van der Waals surface area contributed by atoms with Crippen LogP contribution >= 0.6 is 11.3 Å². The average molecular weight is 312 g/mol. The molecule has 1 fully saturated rings. The van der Waals surface area contributed by atoms with E-state index in [1.807, 2.05) is 18.4 Å². The Morgan fingerprint density at radius 3 is 2.95 bits per heavy atom. The maximum atomic E-state index is 11.7. The lowest BCUT2D eigenvalue weighted by Crippen LogP contribution is -2.47. The molecule has 0 saturated carbocycles. The Labute approximate surface area is 121 Å². The minimum absolute atomic E-state index is 0.0727. The van der Waals surface area contributed by atoms with Gasteiger partial charge >= 0.3 is 0 Å². The van der Waals surface area contributed by atoms with Crippen LogP contribution in [0, 0.1) is 0 Å². The third-order valence-electron chi connectivity index (χ3n) is 3.47. The van der Waals surface area contributed by atoms with Crippen molar-refractivity contribution in [1.82, 2.24) is 9.97 Å². The largest absolute Gasteiger partial charge is 0.357 e. The van der Waals surface area contributed by atoms with Crippen LogP contribution in [0.1, 0.15) is 6.92 Å². The van der Waals surface area contributed by atoms with Gasteiger partial charge in [-0.15, -0.1) is 11.3 Å². The molecule has 0 amide bonds. The van der Waals surface area contributed by atoms with E-state index in [1.54, 1.807) is 18.4 Å². The number of aromatic nitrogens is 2. The molecule has 1 unspecified atom stereocenters. The zero-order valence-electron chi connectivity index (χ0n) is 11.3. The first-order valence-corrected chi connectivity index (χ1v) is 9.10. The fourth-order valence-electron chi connectivity index (χ4n) is 2.48. The molecule has 0 radical (unpaired) electrons. The van der Waals surface area contributed by atoms with Crippen molar-refractivity contribution in [3.05, 3.63) is 11.4 Å². The number of hydrogen-bond acceptors (Lipinski definition) is 7. The summed E-state index contributed by atoms with van der Waals surface area (Å²) in [7, 11) is -1.15. The molecule has 0 spiro atoms. The molecule has 1 saturated heterocycles. The number of anilines is 2. The van der Waals surface area contributed by atoms with Gasteiger partial charge in [0, 0.05) is 19.6 Å². The van der Waals surface area contributed by atoms with E-state index < -0.39 is 9.84 Å². The van der Waals surface area contributed by atoms with Crippen LogP contribution in [-0.4, -0.2) is 49.5 Å². The van der Waals surface area contributed by atoms with E-state index in [4.69, 9.17) is 0 Å². The Bertz CT molecular complexity index is 741. The number of hydrogen-bond donors (Lipinski definition) is 1. The van der Waals surface area contributed by atoms with E-state index in [0.717, 1.165) is 16.0 Å². The van der Waals surface area contributed by atoms with Crippen LogP contribution in [0.15, 0.2) is 11.4 Å². The molecule has 0 aliphatic carbocycles. The van der Waals surface area contributed by atoms with Crippen LogP contribution in [0.4, 0.5) is 11.8 Å². The van der Waals surface area contributed by atoms with Crippen molar-refractivity contribution in [2.75, 3.05) is 35.3 Å². The van der Waals surface area contributed by atoms with Crippen molar-refractivity contribution in [3.8, 4) is 0 Å². The molecule has 1 aliphatic rings. The lowest BCUT2D eigenvalue weighted by molar-refractivity contribution is 0.567. The lowest BCUT2D eigenvalue weighted by Gasteiger charge is -2.34. The van der Waals surface area contributed by atoms with Gasteiger partial charge in [-0.25, -0.2) is 13.4 Å². The molecule has 2 aromatic heterocycles. The highest BCUT2D eigenvalue weighted by atomic mass is 32.2. The van der Waals surface area contributed by atoms with Crippen LogP contribution < -0.4 is 10.2 Å².